The molecule has 96 valence electrons. The Morgan fingerprint density at radius 3 is 2.67 bits per heavy atom. The van der Waals surface area contributed by atoms with Crippen LogP contribution in [-0.4, -0.2) is 16.0 Å². The van der Waals surface area contributed by atoms with E-state index in [1.165, 1.54) is 19.3 Å². The van der Waals surface area contributed by atoms with Crippen molar-refractivity contribution in [1.82, 2.24) is 9.97 Å². The van der Waals surface area contributed by atoms with Gasteiger partial charge in [-0.1, -0.05) is 6.92 Å². The van der Waals surface area contributed by atoms with E-state index in [4.69, 9.17) is 5.73 Å². The summed E-state index contributed by atoms with van der Waals surface area (Å²) in [7, 11) is 0. The number of nitrogens with zero attached hydrogens (tertiary/aromatic N) is 2. The van der Waals surface area contributed by atoms with E-state index in [-0.39, 0.29) is 0 Å². The molecule has 18 heavy (non-hydrogen) atoms. The second-order valence-electron chi connectivity index (χ2n) is 6.10. The van der Waals surface area contributed by atoms with Gasteiger partial charge in [0.05, 0.1) is 0 Å². The second kappa shape index (κ2) is 3.59. The molecule has 1 aromatic rings. The van der Waals surface area contributed by atoms with E-state index in [0.717, 1.165) is 41.5 Å². The van der Waals surface area contributed by atoms with Gasteiger partial charge in [-0.25, -0.2) is 9.97 Å². The van der Waals surface area contributed by atoms with Crippen molar-refractivity contribution in [1.29, 1.82) is 0 Å². The van der Waals surface area contributed by atoms with Crippen LogP contribution in [-0.2, 0) is 6.42 Å². The highest BCUT2D eigenvalue weighted by Crippen LogP contribution is 2.66. The molecule has 0 radical (unpaired) electrons. The molecule has 3 fully saturated rings. The summed E-state index contributed by atoms with van der Waals surface area (Å²) in [5.41, 5.74) is 7.00. The van der Waals surface area contributed by atoms with E-state index in [9.17, 15) is 0 Å². The molecule has 0 aliphatic heterocycles. The fourth-order valence-electron chi connectivity index (χ4n) is 4.58. The SMILES string of the molecule is CCc1c(N)ncnc1NC1C2C3CCC(C3)C12. The van der Waals surface area contributed by atoms with Gasteiger partial charge in [0.15, 0.2) is 0 Å². The third-order valence-electron chi connectivity index (χ3n) is 5.37. The van der Waals surface area contributed by atoms with Crippen LogP contribution in [0.2, 0.25) is 0 Å². The maximum atomic E-state index is 5.92. The van der Waals surface area contributed by atoms with Gasteiger partial charge in [0, 0.05) is 11.6 Å². The first kappa shape index (κ1) is 10.6. The summed E-state index contributed by atoms with van der Waals surface area (Å²) in [6.07, 6.45) is 6.86. The fourth-order valence-corrected chi connectivity index (χ4v) is 4.58. The third-order valence-corrected chi connectivity index (χ3v) is 5.37. The van der Waals surface area contributed by atoms with Gasteiger partial charge in [-0.05, 0) is 49.4 Å². The summed E-state index contributed by atoms with van der Waals surface area (Å²) >= 11 is 0. The highest BCUT2D eigenvalue weighted by atomic mass is 15.1. The molecule has 4 rings (SSSR count). The van der Waals surface area contributed by atoms with E-state index in [1.807, 2.05) is 0 Å². The molecule has 4 heteroatoms. The smallest absolute Gasteiger partial charge is 0.134 e. The van der Waals surface area contributed by atoms with Crippen LogP contribution >= 0.6 is 0 Å². The van der Waals surface area contributed by atoms with Gasteiger partial charge in [0.1, 0.15) is 18.0 Å². The molecule has 0 spiro atoms. The van der Waals surface area contributed by atoms with E-state index >= 15 is 0 Å². The Bertz CT molecular complexity index is 471. The molecular weight excluding hydrogens is 224 g/mol. The van der Waals surface area contributed by atoms with Gasteiger partial charge in [0.2, 0.25) is 0 Å². The predicted octanol–water partition coefficient (Wildman–Crippen LogP) is 2.08. The zero-order valence-corrected chi connectivity index (χ0v) is 10.8. The molecule has 0 aromatic carbocycles. The Hall–Kier alpha value is -1.32. The normalized spacial score (nSPS) is 39.7. The average molecular weight is 244 g/mol. The lowest BCUT2D eigenvalue weighted by molar-refractivity contribution is 0.456. The van der Waals surface area contributed by atoms with Crippen LogP contribution in [0.25, 0.3) is 0 Å². The molecule has 0 amide bonds. The monoisotopic (exact) mass is 244 g/mol. The number of anilines is 2. The van der Waals surface area contributed by atoms with Gasteiger partial charge in [0.25, 0.3) is 0 Å². The lowest BCUT2D eigenvalue weighted by atomic mass is 10.0. The third kappa shape index (κ3) is 1.32. The molecule has 0 saturated heterocycles. The van der Waals surface area contributed by atoms with Crippen LogP contribution in [0.15, 0.2) is 6.33 Å². The molecule has 4 unspecified atom stereocenters. The summed E-state index contributed by atoms with van der Waals surface area (Å²) in [6, 6.07) is 0.663. The number of aromatic nitrogens is 2. The first-order valence-electron chi connectivity index (χ1n) is 7.15. The van der Waals surface area contributed by atoms with E-state index in [1.54, 1.807) is 6.33 Å². The van der Waals surface area contributed by atoms with Crippen LogP contribution < -0.4 is 11.1 Å². The van der Waals surface area contributed by atoms with Crippen molar-refractivity contribution in [2.75, 3.05) is 11.1 Å². The van der Waals surface area contributed by atoms with Gasteiger partial charge in [-0.3, -0.25) is 0 Å². The zero-order chi connectivity index (χ0) is 12.3. The first-order chi connectivity index (χ1) is 8.79. The zero-order valence-electron chi connectivity index (χ0n) is 10.8. The quantitative estimate of drug-likeness (QED) is 0.854. The maximum absolute atomic E-state index is 5.92. The standard InChI is InChI=1S/C14H20N4/c1-2-9-13(15)16-6-17-14(9)18-12-10-7-3-4-8(5-7)11(10)12/h6-8,10-12H,2-5H2,1H3,(H3,15,16,17,18). The minimum atomic E-state index is 0.629. The van der Waals surface area contributed by atoms with Crippen molar-refractivity contribution in [3.8, 4) is 0 Å². The van der Waals surface area contributed by atoms with Crippen molar-refractivity contribution < 1.29 is 0 Å². The van der Waals surface area contributed by atoms with Crippen molar-refractivity contribution in [3.63, 3.8) is 0 Å². The average Bonchev–Trinajstić information content (AvgIpc) is 2.78. The van der Waals surface area contributed by atoms with Gasteiger partial charge in [-0.15, -0.1) is 0 Å². The van der Waals surface area contributed by atoms with Crippen molar-refractivity contribution in [2.24, 2.45) is 23.7 Å². The van der Waals surface area contributed by atoms with Crippen molar-refractivity contribution in [3.05, 3.63) is 11.9 Å². The number of hydrogen-bond donors (Lipinski definition) is 2. The van der Waals surface area contributed by atoms with E-state index < -0.39 is 0 Å². The first-order valence-corrected chi connectivity index (χ1v) is 7.15. The topological polar surface area (TPSA) is 63.8 Å². The van der Waals surface area contributed by atoms with Crippen LogP contribution in [0.3, 0.4) is 0 Å². The highest BCUT2D eigenvalue weighted by molar-refractivity contribution is 5.56. The Morgan fingerprint density at radius 1 is 1.28 bits per heavy atom. The largest absolute Gasteiger partial charge is 0.383 e. The Balaban J connectivity index is 1.55. The summed E-state index contributed by atoms with van der Waals surface area (Å²) in [5, 5.41) is 3.65. The Morgan fingerprint density at radius 2 is 2.00 bits per heavy atom. The Kier molecular flexibility index (Phi) is 2.11. The lowest BCUT2D eigenvalue weighted by Crippen LogP contribution is -2.16. The van der Waals surface area contributed by atoms with Crippen LogP contribution in [0.5, 0.6) is 0 Å². The van der Waals surface area contributed by atoms with Gasteiger partial charge < -0.3 is 11.1 Å². The molecular formula is C14H20N4. The number of fused-ring (bicyclic) bond motifs is 5. The molecule has 1 heterocycles. The molecule has 2 bridgehead atoms. The number of nitrogen functional groups attached to an aromatic ring is 1. The number of hydrogen-bond acceptors (Lipinski definition) is 4. The summed E-state index contributed by atoms with van der Waals surface area (Å²) in [4.78, 5) is 8.47. The summed E-state index contributed by atoms with van der Waals surface area (Å²) in [6.45, 7) is 2.11. The van der Waals surface area contributed by atoms with Crippen LogP contribution in [0.1, 0.15) is 31.7 Å². The molecule has 4 atom stereocenters. The molecule has 3 N–H and O–H groups in total. The molecule has 3 saturated carbocycles. The fraction of sp³-hybridized carbons (Fsp3) is 0.714. The molecule has 4 nitrogen and oxygen atoms in total. The Labute approximate surface area is 107 Å². The molecule has 3 aliphatic carbocycles. The maximum Gasteiger partial charge on any atom is 0.134 e. The van der Waals surface area contributed by atoms with Gasteiger partial charge >= 0.3 is 0 Å². The van der Waals surface area contributed by atoms with Crippen LogP contribution in [0.4, 0.5) is 11.6 Å². The second-order valence-corrected chi connectivity index (χ2v) is 6.10. The molecule has 3 aliphatic rings. The van der Waals surface area contributed by atoms with Gasteiger partial charge in [-0.2, -0.15) is 0 Å². The van der Waals surface area contributed by atoms with E-state index in [2.05, 4.69) is 22.2 Å². The number of nitrogens with two attached hydrogens (primary N) is 1. The number of nitrogens with one attached hydrogen (secondary N) is 1. The molecule has 1 aromatic heterocycles. The van der Waals surface area contributed by atoms with Crippen molar-refractivity contribution >= 4 is 11.6 Å². The lowest BCUT2D eigenvalue weighted by Gasteiger charge is -2.14. The number of rotatable bonds is 3. The highest BCUT2D eigenvalue weighted by Gasteiger charge is 2.65. The summed E-state index contributed by atoms with van der Waals surface area (Å²) in [5.74, 6) is 5.42. The minimum Gasteiger partial charge on any atom is -0.383 e. The predicted molar refractivity (Wildman–Crippen MR) is 71.0 cm³/mol. The van der Waals surface area contributed by atoms with Crippen molar-refractivity contribution in [2.45, 2.75) is 38.6 Å². The van der Waals surface area contributed by atoms with E-state index in [0.29, 0.717) is 11.9 Å². The van der Waals surface area contributed by atoms with Crippen LogP contribution in [0, 0.1) is 23.7 Å². The summed E-state index contributed by atoms with van der Waals surface area (Å²) < 4.78 is 0. The minimum absolute atomic E-state index is 0.629.